The van der Waals surface area contributed by atoms with Gasteiger partial charge in [0.05, 0.1) is 5.75 Å². The Morgan fingerprint density at radius 3 is 2.60 bits per heavy atom. The fourth-order valence-electron chi connectivity index (χ4n) is 0.899. The van der Waals surface area contributed by atoms with Crippen LogP contribution in [0.5, 0.6) is 0 Å². The van der Waals surface area contributed by atoms with E-state index in [1.165, 1.54) is 11.5 Å². The van der Waals surface area contributed by atoms with E-state index in [0.717, 1.165) is 16.7 Å². The van der Waals surface area contributed by atoms with E-state index in [4.69, 9.17) is 0 Å². The predicted octanol–water partition coefficient (Wildman–Crippen LogP) is 3.39. The molecule has 0 saturated heterocycles. The van der Waals surface area contributed by atoms with E-state index in [1.807, 2.05) is 11.8 Å². The van der Waals surface area contributed by atoms with Gasteiger partial charge in [0.1, 0.15) is 0 Å². The van der Waals surface area contributed by atoms with Crippen LogP contribution >= 0.6 is 23.3 Å². The summed E-state index contributed by atoms with van der Waals surface area (Å²) >= 11 is 3.32. The number of aromatic nitrogens is 2. The zero-order valence-electron chi connectivity index (χ0n) is 10.00. The normalized spacial score (nSPS) is 12.1. The molecule has 15 heavy (non-hydrogen) atoms. The Kier molecular flexibility index (Phi) is 4.40. The summed E-state index contributed by atoms with van der Waals surface area (Å²) in [4.78, 5) is 4.43. The molecule has 3 nitrogen and oxygen atoms in total. The third-order valence-corrected chi connectivity index (χ3v) is 3.47. The SMILES string of the molecule is CC(C)Nc1nc(CSC(C)(C)C)ns1. The molecule has 0 radical (unpaired) electrons. The highest BCUT2D eigenvalue weighted by Gasteiger charge is 2.13. The first-order valence-electron chi connectivity index (χ1n) is 5.10. The summed E-state index contributed by atoms with van der Waals surface area (Å²) in [6, 6.07) is 0.418. The van der Waals surface area contributed by atoms with Crippen molar-refractivity contribution >= 4 is 28.4 Å². The van der Waals surface area contributed by atoms with Gasteiger partial charge in [0, 0.05) is 22.3 Å². The second kappa shape index (κ2) is 5.16. The fourth-order valence-corrected chi connectivity index (χ4v) is 2.40. The molecule has 1 aromatic rings. The van der Waals surface area contributed by atoms with Crippen molar-refractivity contribution in [2.24, 2.45) is 0 Å². The summed E-state index contributed by atoms with van der Waals surface area (Å²) in [5, 5.41) is 4.18. The van der Waals surface area contributed by atoms with Crippen molar-refractivity contribution in [1.82, 2.24) is 9.36 Å². The minimum Gasteiger partial charge on any atom is -0.358 e. The Morgan fingerprint density at radius 1 is 1.40 bits per heavy atom. The molecule has 0 aliphatic carbocycles. The lowest BCUT2D eigenvalue weighted by molar-refractivity contribution is 0.800. The molecule has 0 aliphatic rings. The van der Waals surface area contributed by atoms with E-state index >= 15 is 0 Å². The molecule has 1 N–H and O–H groups in total. The maximum Gasteiger partial charge on any atom is 0.202 e. The topological polar surface area (TPSA) is 37.8 Å². The van der Waals surface area contributed by atoms with Gasteiger partial charge in [-0.15, -0.1) is 11.8 Å². The molecular weight excluding hydrogens is 226 g/mol. The van der Waals surface area contributed by atoms with Crippen molar-refractivity contribution in [3.63, 3.8) is 0 Å². The summed E-state index contributed by atoms with van der Waals surface area (Å²) < 4.78 is 4.59. The molecule has 0 saturated carbocycles. The van der Waals surface area contributed by atoms with Crippen molar-refractivity contribution in [1.29, 1.82) is 0 Å². The molecule has 86 valence electrons. The summed E-state index contributed by atoms with van der Waals surface area (Å²) in [5.41, 5.74) is 0. The fraction of sp³-hybridized carbons (Fsp3) is 0.800. The predicted molar refractivity (Wildman–Crippen MR) is 69.7 cm³/mol. The average Bonchev–Trinajstić information content (AvgIpc) is 2.46. The quantitative estimate of drug-likeness (QED) is 0.882. The van der Waals surface area contributed by atoms with E-state index in [2.05, 4.69) is 49.3 Å². The van der Waals surface area contributed by atoms with Gasteiger partial charge in [-0.25, -0.2) is 4.98 Å². The van der Waals surface area contributed by atoms with Gasteiger partial charge in [-0.1, -0.05) is 20.8 Å². The van der Waals surface area contributed by atoms with Gasteiger partial charge in [0.2, 0.25) is 5.13 Å². The van der Waals surface area contributed by atoms with Gasteiger partial charge in [0.15, 0.2) is 5.82 Å². The lowest BCUT2D eigenvalue weighted by atomic mass is 10.3. The van der Waals surface area contributed by atoms with Crippen molar-refractivity contribution < 1.29 is 0 Å². The zero-order chi connectivity index (χ0) is 11.5. The number of nitrogens with zero attached hydrogens (tertiary/aromatic N) is 2. The molecule has 0 fully saturated rings. The van der Waals surface area contributed by atoms with Crippen LogP contribution in [0, 0.1) is 0 Å². The molecule has 0 bridgehead atoms. The lowest BCUT2D eigenvalue weighted by Gasteiger charge is -2.15. The van der Waals surface area contributed by atoms with Crippen LogP contribution < -0.4 is 5.32 Å². The molecule has 1 heterocycles. The van der Waals surface area contributed by atoms with Crippen LogP contribution in [0.3, 0.4) is 0 Å². The Labute approximate surface area is 100 Å². The first-order valence-corrected chi connectivity index (χ1v) is 6.86. The van der Waals surface area contributed by atoms with E-state index in [-0.39, 0.29) is 4.75 Å². The summed E-state index contributed by atoms with van der Waals surface area (Å²) in [5.74, 6) is 1.82. The molecule has 0 atom stereocenters. The number of nitrogens with one attached hydrogen (secondary N) is 1. The number of thioether (sulfide) groups is 1. The van der Waals surface area contributed by atoms with Crippen LogP contribution in [0.2, 0.25) is 0 Å². The van der Waals surface area contributed by atoms with Crippen molar-refractivity contribution in [2.75, 3.05) is 5.32 Å². The van der Waals surface area contributed by atoms with E-state index in [9.17, 15) is 0 Å². The lowest BCUT2D eigenvalue weighted by Crippen LogP contribution is -2.09. The van der Waals surface area contributed by atoms with Crippen LogP contribution in [0.1, 0.15) is 40.4 Å². The summed E-state index contributed by atoms with van der Waals surface area (Å²) in [6.07, 6.45) is 0. The molecule has 0 aliphatic heterocycles. The molecule has 0 spiro atoms. The van der Waals surface area contributed by atoms with E-state index < -0.39 is 0 Å². The Bertz CT molecular complexity index is 302. The van der Waals surface area contributed by atoms with Crippen molar-refractivity contribution in [2.45, 2.75) is 51.2 Å². The van der Waals surface area contributed by atoms with Gasteiger partial charge >= 0.3 is 0 Å². The molecule has 0 aromatic carbocycles. The zero-order valence-corrected chi connectivity index (χ0v) is 11.6. The highest BCUT2D eigenvalue weighted by molar-refractivity contribution is 7.99. The molecular formula is C10H19N3S2. The van der Waals surface area contributed by atoms with Crippen LogP contribution in [-0.2, 0) is 5.75 Å². The van der Waals surface area contributed by atoms with Crippen molar-refractivity contribution in [3.8, 4) is 0 Å². The van der Waals surface area contributed by atoms with Crippen LogP contribution in [0.25, 0.3) is 0 Å². The number of rotatable bonds is 4. The monoisotopic (exact) mass is 245 g/mol. The number of hydrogen-bond acceptors (Lipinski definition) is 5. The molecule has 1 rings (SSSR count). The summed E-state index contributed by atoms with van der Waals surface area (Å²) in [6.45, 7) is 10.8. The Balaban J connectivity index is 2.46. The Hall–Kier alpha value is -0.290. The van der Waals surface area contributed by atoms with Crippen molar-refractivity contribution in [3.05, 3.63) is 5.82 Å². The number of anilines is 1. The highest BCUT2D eigenvalue weighted by Crippen LogP contribution is 2.27. The molecule has 0 unspecified atom stereocenters. The first kappa shape index (κ1) is 12.8. The molecule has 1 aromatic heterocycles. The summed E-state index contributed by atoms with van der Waals surface area (Å²) in [7, 11) is 0. The third kappa shape index (κ3) is 5.37. The maximum absolute atomic E-state index is 4.43. The molecule has 5 heteroatoms. The van der Waals surface area contributed by atoms with Crippen LogP contribution in [-0.4, -0.2) is 20.1 Å². The minimum absolute atomic E-state index is 0.275. The maximum atomic E-state index is 4.43. The third-order valence-electron chi connectivity index (χ3n) is 1.51. The van der Waals surface area contributed by atoms with Gasteiger partial charge in [-0.3, -0.25) is 0 Å². The van der Waals surface area contributed by atoms with Gasteiger partial charge in [-0.05, 0) is 13.8 Å². The number of hydrogen-bond donors (Lipinski definition) is 1. The minimum atomic E-state index is 0.275. The first-order chi connectivity index (χ1) is 6.87. The van der Waals surface area contributed by atoms with Crippen LogP contribution in [0.4, 0.5) is 5.13 Å². The molecule has 0 amide bonds. The second-order valence-electron chi connectivity index (χ2n) is 4.72. The Morgan fingerprint density at radius 2 is 2.07 bits per heavy atom. The van der Waals surface area contributed by atoms with E-state index in [0.29, 0.717) is 6.04 Å². The second-order valence-corrected chi connectivity index (χ2v) is 7.27. The van der Waals surface area contributed by atoms with Gasteiger partial charge in [-0.2, -0.15) is 4.37 Å². The van der Waals surface area contributed by atoms with Gasteiger partial charge < -0.3 is 5.32 Å². The average molecular weight is 245 g/mol. The largest absolute Gasteiger partial charge is 0.358 e. The standard InChI is InChI=1S/C10H19N3S2/c1-7(2)11-9-12-8(13-15-9)6-14-10(3,4)5/h7H,6H2,1-5H3,(H,11,12,13). The smallest absolute Gasteiger partial charge is 0.202 e. The van der Waals surface area contributed by atoms with Crippen LogP contribution in [0.15, 0.2) is 0 Å². The highest BCUT2D eigenvalue weighted by atomic mass is 32.2. The van der Waals surface area contributed by atoms with Gasteiger partial charge in [0.25, 0.3) is 0 Å². The van der Waals surface area contributed by atoms with E-state index in [1.54, 1.807) is 0 Å².